The molecule has 2 aromatic carbocycles. The summed E-state index contributed by atoms with van der Waals surface area (Å²) in [4.78, 5) is 12.9. The first-order valence-corrected chi connectivity index (χ1v) is 9.19. The highest BCUT2D eigenvalue weighted by Gasteiger charge is 2.23. The number of rotatable bonds is 6. The molecule has 0 aromatic heterocycles. The molecule has 1 amide bonds. The van der Waals surface area contributed by atoms with Gasteiger partial charge >= 0.3 is 0 Å². The number of carbonyl (C=O) groups excluding carboxylic acids is 1. The molecule has 0 atom stereocenters. The Kier molecular flexibility index (Phi) is 6.06. The van der Waals surface area contributed by atoms with Crippen molar-refractivity contribution in [1.82, 2.24) is 5.32 Å². The first-order chi connectivity index (χ1) is 11.8. The van der Waals surface area contributed by atoms with E-state index in [1.807, 2.05) is 36.4 Å². The van der Waals surface area contributed by atoms with Crippen LogP contribution in [0.2, 0.25) is 0 Å². The minimum absolute atomic E-state index is 0.00303. The average Bonchev–Trinajstić information content (AvgIpc) is 2.64. The van der Waals surface area contributed by atoms with E-state index in [-0.39, 0.29) is 11.8 Å². The molecule has 1 aliphatic carbocycles. The molecule has 0 spiro atoms. The highest BCUT2D eigenvalue weighted by Crippen LogP contribution is 2.20. The lowest BCUT2D eigenvalue weighted by molar-refractivity contribution is -0.125. The molecular formula is C22H27NO. The minimum Gasteiger partial charge on any atom is -0.353 e. The molecule has 2 aromatic rings. The molecule has 2 heteroatoms. The van der Waals surface area contributed by atoms with Crippen molar-refractivity contribution in [2.45, 2.75) is 51.0 Å². The first-order valence-electron chi connectivity index (χ1n) is 9.19. The van der Waals surface area contributed by atoms with Gasteiger partial charge in [0.2, 0.25) is 5.91 Å². The maximum atomic E-state index is 12.9. The highest BCUT2D eigenvalue weighted by molar-refractivity contribution is 5.79. The fraction of sp³-hybridized carbons (Fsp3) is 0.409. The number of nitrogens with one attached hydrogen (secondary N) is 1. The van der Waals surface area contributed by atoms with E-state index in [1.165, 1.54) is 30.4 Å². The molecular weight excluding hydrogens is 294 g/mol. The fourth-order valence-corrected chi connectivity index (χ4v) is 3.62. The third kappa shape index (κ3) is 4.95. The van der Waals surface area contributed by atoms with Gasteiger partial charge in [-0.15, -0.1) is 0 Å². The summed E-state index contributed by atoms with van der Waals surface area (Å²) in [5, 5.41) is 3.32. The van der Waals surface area contributed by atoms with Crippen LogP contribution in [0.4, 0.5) is 0 Å². The Hall–Kier alpha value is -2.09. The largest absolute Gasteiger partial charge is 0.353 e. The number of carbonyl (C=O) groups is 1. The van der Waals surface area contributed by atoms with Crippen LogP contribution >= 0.6 is 0 Å². The fourth-order valence-electron chi connectivity index (χ4n) is 3.62. The molecule has 1 saturated carbocycles. The van der Waals surface area contributed by atoms with Gasteiger partial charge in [-0.3, -0.25) is 4.79 Å². The maximum absolute atomic E-state index is 12.9. The second-order valence-corrected chi connectivity index (χ2v) is 6.92. The summed E-state index contributed by atoms with van der Waals surface area (Å²) < 4.78 is 0. The molecule has 0 bridgehead atoms. The van der Waals surface area contributed by atoms with Crippen molar-refractivity contribution in [3.8, 4) is 0 Å². The van der Waals surface area contributed by atoms with Crippen LogP contribution in [0.1, 0.15) is 43.2 Å². The topological polar surface area (TPSA) is 29.1 Å². The van der Waals surface area contributed by atoms with Crippen molar-refractivity contribution >= 4 is 5.91 Å². The third-order valence-corrected chi connectivity index (χ3v) is 4.97. The molecule has 0 aliphatic heterocycles. The summed E-state index contributed by atoms with van der Waals surface area (Å²) in [6.07, 6.45) is 7.66. The van der Waals surface area contributed by atoms with Crippen LogP contribution in [-0.4, -0.2) is 11.9 Å². The van der Waals surface area contributed by atoms with Crippen LogP contribution in [0.3, 0.4) is 0 Å². The molecule has 2 nitrogen and oxygen atoms in total. The van der Waals surface area contributed by atoms with Crippen molar-refractivity contribution in [1.29, 1.82) is 0 Å². The van der Waals surface area contributed by atoms with Gasteiger partial charge in [0.15, 0.2) is 0 Å². The number of benzene rings is 2. The van der Waals surface area contributed by atoms with Gasteiger partial charge in [-0.25, -0.2) is 0 Å². The molecule has 3 rings (SSSR count). The quantitative estimate of drug-likeness (QED) is 0.831. The predicted molar refractivity (Wildman–Crippen MR) is 98.8 cm³/mol. The van der Waals surface area contributed by atoms with E-state index in [0.29, 0.717) is 6.04 Å². The van der Waals surface area contributed by atoms with Crippen molar-refractivity contribution in [3.05, 3.63) is 71.8 Å². The smallest absolute Gasteiger partial charge is 0.223 e. The lowest BCUT2D eigenvalue weighted by atomic mass is 9.90. The van der Waals surface area contributed by atoms with E-state index in [2.05, 4.69) is 29.6 Å². The molecule has 1 aliphatic rings. The van der Waals surface area contributed by atoms with Gasteiger partial charge in [0.25, 0.3) is 0 Å². The zero-order chi connectivity index (χ0) is 16.6. The summed E-state index contributed by atoms with van der Waals surface area (Å²) in [5.74, 6) is 0.214. The Morgan fingerprint density at radius 3 is 1.83 bits per heavy atom. The van der Waals surface area contributed by atoms with Crippen LogP contribution in [-0.2, 0) is 17.6 Å². The normalized spacial score (nSPS) is 15.4. The number of hydrogen-bond donors (Lipinski definition) is 1. The van der Waals surface area contributed by atoms with Gasteiger partial charge in [0.05, 0.1) is 0 Å². The van der Waals surface area contributed by atoms with E-state index in [1.54, 1.807) is 0 Å². The minimum atomic E-state index is -0.00303. The van der Waals surface area contributed by atoms with Crippen molar-refractivity contribution in [3.63, 3.8) is 0 Å². The van der Waals surface area contributed by atoms with Gasteiger partial charge in [-0.2, -0.15) is 0 Å². The Balaban J connectivity index is 1.69. The molecule has 0 radical (unpaired) electrons. The van der Waals surface area contributed by atoms with Crippen molar-refractivity contribution in [2.24, 2.45) is 5.92 Å². The molecule has 126 valence electrons. The van der Waals surface area contributed by atoms with Crippen LogP contribution in [0.25, 0.3) is 0 Å². The van der Waals surface area contributed by atoms with E-state index < -0.39 is 0 Å². The highest BCUT2D eigenvalue weighted by atomic mass is 16.1. The van der Waals surface area contributed by atoms with Gasteiger partial charge in [0.1, 0.15) is 0 Å². The van der Waals surface area contributed by atoms with E-state index >= 15 is 0 Å². The molecule has 1 N–H and O–H groups in total. The van der Waals surface area contributed by atoms with Crippen LogP contribution in [0.5, 0.6) is 0 Å². The SMILES string of the molecule is O=C(NC1CCCCC1)C(Cc1ccccc1)Cc1ccccc1. The van der Waals surface area contributed by atoms with Gasteiger partial charge in [-0.05, 0) is 36.8 Å². The van der Waals surface area contributed by atoms with Crippen molar-refractivity contribution in [2.75, 3.05) is 0 Å². The van der Waals surface area contributed by atoms with Gasteiger partial charge < -0.3 is 5.32 Å². The Labute approximate surface area is 145 Å². The summed E-state index contributed by atoms with van der Waals surface area (Å²) in [6, 6.07) is 21.1. The summed E-state index contributed by atoms with van der Waals surface area (Å²) in [6.45, 7) is 0. The lowest BCUT2D eigenvalue weighted by Gasteiger charge is -2.26. The molecule has 0 unspecified atom stereocenters. The molecule has 0 saturated heterocycles. The number of hydrogen-bond acceptors (Lipinski definition) is 1. The predicted octanol–water partition coefficient (Wildman–Crippen LogP) is 4.54. The zero-order valence-corrected chi connectivity index (χ0v) is 14.3. The van der Waals surface area contributed by atoms with Crippen LogP contribution in [0, 0.1) is 5.92 Å². The standard InChI is InChI=1S/C22H27NO/c24-22(23-21-14-8-3-9-15-21)20(16-18-10-4-1-5-11-18)17-19-12-6-2-7-13-19/h1-2,4-7,10-13,20-21H,3,8-9,14-17H2,(H,23,24). The van der Waals surface area contributed by atoms with E-state index in [4.69, 9.17) is 0 Å². The van der Waals surface area contributed by atoms with E-state index in [9.17, 15) is 4.79 Å². The summed E-state index contributed by atoms with van der Waals surface area (Å²) in [7, 11) is 0. The Morgan fingerprint density at radius 2 is 1.33 bits per heavy atom. The molecule has 24 heavy (non-hydrogen) atoms. The average molecular weight is 321 g/mol. The maximum Gasteiger partial charge on any atom is 0.223 e. The van der Waals surface area contributed by atoms with Crippen LogP contribution in [0.15, 0.2) is 60.7 Å². The zero-order valence-electron chi connectivity index (χ0n) is 14.3. The Morgan fingerprint density at radius 1 is 0.833 bits per heavy atom. The van der Waals surface area contributed by atoms with E-state index in [0.717, 1.165) is 25.7 Å². The van der Waals surface area contributed by atoms with Gasteiger partial charge in [0, 0.05) is 12.0 Å². The van der Waals surface area contributed by atoms with Crippen LogP contribution < -0.4 is 5.32 Å². The second-order valence-electron chi connectivity index (χ2n) is 6.92. The lowest BCUT2D eigenvalue weighted by Crippen LogP contribution is -2.41. The van der Waals surface area contributed by atoms with Gasteiger partial charge in [-0.1, -0.05) is 79.9 Å². The monoisotopic (exact) mass is 321 g/mol. The number of amides is 1. The molecule has 0 heterocycles. The summed E-state index contributed by atoms with van der Waals surface area (Å²) in [5.41, 5.74) is 2.47. The third-order valence-electron chi connectivity index (χ3n) is 4.97. The summed E-state index contributed by atoms with van der Waals surface area (Å²) >= 11 is 0. The van der Waals surface area contributed by atoms with Crippen molar-refractivity contribution < 1.29 is 4.79 Å². The Bertz CT molecular complexity index is 575. The second kappa shape index (κ2) is 8.68. The first kappa shape index (κ1) is 16.8. The molecule has 1 fully saturated rings.